The van der Waals surface area contributed by atoms with Crippen molar-refractivity contribution in [1.82, 2.24) is 0 Å². The van der Waals surface area contributed by atoms with E-state index in [1.807, 2.05) is 266 Å². The normalized spacial score (nSPS) is 12.1. The Bertz CT molecular complexity index is 6980. The number of fused-ring (bicyclic) bond motifs is 2. The van der Waals surface area contributed by atoms with Crippen molar-refractivity contribution >= 4 is 132 Å². The largest absolute Gasteiger partial charge is 0.356 e. The summed E-state index contributed by atoms with van der Waals surface area (Å²) >= 11 is 9.69. The third-order valence-electron chi connectivity index (χ3n) is 19.5. The molecule has 0 aliphatic carbocycles. The molecule has 0 saturated carbocycles. The highest BCUT2D eigenvalue weighted by Gasteiger charge is 2.17. The molecule has 1 N–H and O–H groups in total. The summed E-state index contributed by atoms with van der Waals surface area (Å²) in [6, 6.07) is 136. The number of nitrogens with zero attached hydrogens (tertiary/aromatic N) is 3. The van der Waals surface area contributed by atoms with E-state index in [0.717, 1.165) is 105 Å². The van der Waals surface area contributed by atoms with Gasteiger partial charge in [-0.05, 0) is 258 Å². The molecule has 0 heterocycles. The molecule has 0 fully saturated rings. The number of benzene rings is 19. The maximum atomic E-state index is 9.23. The Balaban J connectivity index is 0.000000137. The van der Waals surface area contributed by atoms with E-state index in [-0.39, 0.29) is 92.7 Å². The smallest absolute Gasteiger partial charge is 0.0645 e. The van der Waals surface area contributed by atoms with Crippen LogP contribution < -0.4 is 20.0 Å². The summed E-state index contributed by atoms with van der Waals surface area (Å²) in [6.45, 7) is 0. The molecule has 19 aromatic rings. The molecule has 4 nitrogen and oxygen atoms in total. The fourth-order valence-electron chi connectivity index (χ4n) is 13.6. The van der Waals surface area contributed by atoms with Gasteiger partial charge in [0.25, 0.3) is 0 Å². The Hall–Kier alpha value is -13.7. The molecule has 0 aliphatic rings. The van der Waals surface area contributed by atoms with Gasteiger partial charge in [-0.3, -0.25) is 0 Å². The number of nitrogens with one attached hydrogen (secondary N) is 1. The van der Waals surface area contributed by atoms with Crippen molar-refractivity contribution in [3.05, 3.63) is 498 Å². The van der Waals surface area contributed by atoms with Crippen molar-refractivity contribution < 1.29 is 16.4 Å². The van der Waals surface area contributed by atoms with E-state index in [0.29, 0.717) is 27.8 Å². The van der Waals surface area contributed by atoms with E-state index < -0.39 is 0 Å². The summed E-state index contributed by atoms with van der Waals surface area (Å²) < 4.78 is 103. The molecule has 0 saturated heterocycles. The van der Waals surface area contributed by atoms with Crippen molar-refractivity contribution in [1.29, 1.82) is 0 Å². The molecular weight excluding hydrogens is 1620 g/mol. The van der Waals surface area contributed by atoms with Gasteiger partial charge in [-0.1, -0.05) is 363 Å². The average Bonchev–Trinajstić information content (AvgIpc) is 0.751. The molecule has 7 heteroatoms. The lowest BCUT2D eigenvalue weighted by molar-refractivity contribution is 1.28. The van der Waals surface area contributed by atoms with Crippen LogP contribution in [0.1, 0.15) is 16.4 Å². The minimum absolute atomic E-state index is 0.0423. The summed E-state index contributed by atoms with van der Waals surface area (Å²) in [4.78, 5) is 6.25. The van der Waals surface area contributed by atoms with E-state index in [1.165, 1.54) is 10.8 Å². The number of halogens is 3. The molecule has 0 aromatic heterocycles. The van der Waals surface area contributed by atoms with Gasteiger partial charge in [0.15, 0.2) is 0 Å². The van der Waals surface area contributed by atoms with Crippen LogP contribution >= 0.6 is 47.8 Å². The highest BCUT2D eigenvalue weighted by Crippen LogP contribution is 2.41. The second-order valence-corrected chi connectivity index (χ2v) is 29.7. The van der Waals surface area contributed by atoms with Gasteiger partial charge in [-0.2, -0.15) is 0 Å². The fraction of sp³-hybridized carbons (Fsp3) is 0. The van der Waals surface area contributed by atoms with Crippen molar-refractivity contribution in [3.63, 3.8) is 0 Å². The first-order valence-corrected chi connectivity index (χ1v) is 40.5. The molecule has 562 valence electrons. The molecule has 0 aliphatic heterocycles. The monoisotopic (exact) mass is 1710 g/mol. The Morgan fingerprint density at radius 1 is 0.162 bits per heavy atom. The molecule has 19 rings (SSSR count). The Morgan fingerprint density at radius 2 is 0.402 bits per heavy atom. The summed E-state index contributed by atoms with van der Waals surface area (Å²) in [7, 11) is 0. The van der Waals surface area contributed by atoms with Gasteiger partial charge in [0.2, 0.25) is 0 Å². The Morgan fingerprint density at radius 3 is 0.744 bits per heavy atom. The van der Waals surface area contributed by atoms with Gasteiger partial charge in [-0.25, -0.2) is 0 Å². The standard InChI is InChI=1S/C46H34N2.C30H22BrN.C18H12Br2.C16H13N/c1-4-14-41(15-5-1)47(42-16-6-2-7-17-42)44-29-24-38(25-30-44)36-20-22-37(23-21-36)39-26-31-45(32-27-39)48(43-18-8-3-9-19-43)46-33-28-35-12-10-11-13-40(35)34-46;31-27-19-15-25(16-20-27)23-11-13-24(14-12-23)26-17-21-30(22-18-26)32(28-7-3-1-4-8-28)29-9-5-2-6-10-29;19-17-9-5-15(6-10-17)13-1-2-14(4-3-13)16-7-11-18(20)12-8-16;1-2-8-15(9-3-1)17-16-11-10-13-6-4-5-7-14(13)12-16/h1-34H;1-22H;1-12H;1-12,17H/i26D,27D,31D,32D;15D,16D,19D,20D;5D,6D,9D,10D;. The van der Waals surface area contributed by atoms with Gasteiger partial charge < -0.3 is 20.0 Å². The van der Waals surface area contributed by atoms with Crippen LogP contribution in [0.15, 0.2) is 498 Å². The quantitative estimate of drug-likeness (QED) is 0.0981. The molecule has 0 atom stereocenters. The Labute approximate surface area is 728 Å². The number of para-hydroxylation sites is 6. The van der Waals surface area contributed by atoms with Crippen LogP contribution in [0.5, 0.6) is 0 Å². The number of hydrogen-bond acceptors (Lipinski definition) is 4. The van der Waals surface area contributed by atoms with Gasteiger partial charge in [0, 0.05) is 76.0 Å². The molecule has 0 bridgehead atoms. The minimum Gasteiger partial charge on any atom is -0.356 e. The van der Waals surface area contributed by atoms with Crippen molar-refractivity contribution in [2.45, 2.75) is 0 Å². The predicted molar refractivity (Wildman–Crippen MR) is 510 cm³/mol. The van der Waals surface area contributed by atoms with E-state index in [9.17, 15) is 2.74 Å². The molecule has 0 radical (unpaired) electrons. The second-order valence-electron chi connectivity index (χ2n) is 27.2. The third-order valence-corrected chi connectivity index (χ3v) is 20.8. The number of anilines is 11. The van der Waals surface area contributed by atoms with Crippen molar-refractivity contribution in [3.8, 4) is 66.8 Å². The van der Waals surface area contributed by atoms with Gasteiger partial charge in [0.05, 0.1) is 16.4 Å². The maximum Gasteiger partial charge on any atom is 0.0645 e. The second kappa shape index (κ2) is 38.0. The number of rotatable bonds is 17. The lowest BCUT2D eigenvalue weighted by Gasteiger charge is -2.26. The first-order chi connectivity index (χ1) is 62.7. The third kappa shape index (κ3) is 19.8. The van der Waals surface area contributed by atoms with Crippen molar-refractivity contribution in [2.75, 3.05) is 20.0 Å². The fourth-order valence-corrected chi connectivity index (χ4v) is 14.3. The van der Waals surface area contributed by atoms with Crippen LogP contribution in [-0.4, -0.2) is 0 Å². The van der Waals surface area contributed by atoms with Crippen LogP contribution in [-0.2, 0) is 0 Å². The predicted octanol–water partition coefficient (Wildman–Crippen LogP) is 33.5. The summed E-state index contributed by atoms with van der Waals surface area (Å²) in [5.74, 6) is 0. The zero-order valence-electron chi connectivity index (χ0n) is 75.2. The highest BCUT2D eigenvalue weighted by atomic mass is 79.9. The Kier molecular flexibility index (Phi) is 20.7. The van der Waals surface area contributed by atoms with Crippen LogP contribution in [0.3, 0.4) is 0 Å². The molecule has 117 heavy (non-hydrogen) atoms. The van der Waals surface area contributed by atoms with Gasteiger partial charge in [0.1, 0.15) is 0 Å². The zero-order valence-corrected chi connectivity index (χ0v) is 68.0. The SMILES string of the molecule is [2H]c1c([2H])c(-c2ccc(-c3ccc(Br)cc3)cc2)c([2H])c([2H])c1Br.[2H]c1c([2H])c(-c2ccc(-c3ccc(N(c4ccccc4)c4ccccc4)cc3)cc2)c([2H])c([2H])c1Br.[2H]c1c([2H])c(N(c2ccccc2)c2ccc3ccccc3c2)c([2H])c([2H])c1-c1ccc(-c2ccc(N(c3ccccc3)c3ccccc3)cc2)cc1.c1ccc(Nc2ccc3ccccc3c2)cc1. The van der Waals surface area contributed by atoms with E-state index in [1.54, 1.807) is 0 Å². The molecule has 0 spiro atoms. The highest BCUT2D eigenvalue weighted by molar-refractivity contribution is 9.11. The van der Waals surface area contributed by atoms with E-state index >= 15 is 0 Å². The lowest BCUT2D eigenvalue weighted by atomic mass is 9.99. The van der Waals surface area contributed by atoms with Crippen LogP contribution in [0, 0.1) is 0 Å². The van der Waals surface area contributed by atoms with Crippen LogP contribution in [0.2, 0.25) is 0 Å². The van der Waals surface area contributed by atoms with Gasteiger partial charge in [-0.15, -0.1) is 0 Å². The van der Waals surface area contributed by atoms with E-state index in [2.05, 4.69) is 215 Å². The molecule has 0 amide bonds. The maximum absolute atomic E-state index is 9.23. The number of hydrogen-bond donors (Lipinski definition) is 1. The summed E-state index contributed by atoms with van der Waals surface area (Å²) in [5.41, 5.74) is 19.3. The van der Waals surface area contributed by atoms with Crippen molar-refractivity contribution in [2.24, 2.45) is 0 Å². The van der Waals surface area contributed by atoms with Crippen LogP contribution in [0.25, 0.3) is 88.3 Å². The zero-order chi connectivity index (χ0) is 89.8. The van der Waals surface area contributed by atoms with Gasteiger partial charge >= 0.3 is 0 Å². The molecule has 0 unspecified atom stereocenters. The molecule has 19 aromatic carbocycles. The molecular formula is C110H81Br3N4. The first-order valence-electron chi connectivity index (χ1n) is 44.1. The summed E-state index contributed by atoms with van der Waals surface area (Å²) in [5, 5.41) is 8.02. The topological polar surface area (TPSA) is 21.8 Å². The average molecular weight is 1710 g/mol. The lowest BCUT2D eigenvalue weighted by Crippen LogP contribution is -2.09. The summed E-state index contributed by atoms with van der Waals surface area (Å²) in [6.07, 6.45) is 0. The van der Waals surface area contributed by atoms with Crippen LogP contribution in [0.4, 0.5) is 62.6 Å². The van der Waals surface area contributed by atoms with E-state index in [4.69, 9.17) is 13.7 Å². The minimum atomic E-state index is -0.103. The first kappa shape index (κ1) is 63.7.